The maximum absolute atomic E-state index is 13.3. The highest BCUT2D eigenvalue weighted by Crippen LogP contribution is 2.24. The van der Waals surface area contributed by atoms with Gasteiger partial charge in [-0.1, -0.05) is 24.3 Å². The van der Waals surface area contributed by atoms with Crippen LogP contribution in [0.5, 0.6) is 0 Å². The zero-order valence-corrected chi connectivity index (χ0v) is 12.8. The Balaban J connectivity index is 1.87. The van der Waals surface area contributed by atoms with Crippen molar-refractivity contribution in [2.75, 3.05) is 16.8 Å². The molecule has 0 aliphatic rings. The van der Waals surface area contributed by atoms with Crippen LogP contribution in [0.15, 0.2) is 66.9 Å². The molecule has 0 bridgehead atoms. The summed E-state index contributed by atoms with van der Waals surface area (Å²) < 4.78 is 13.3. The predicted octanol–water partition coefficient (Wildman–Crippen LogP) is 4.52. The van der Waals surface area contributed by atoms with Crippen LogP contribution in [0.4, 0.5) is 27.5 Å². The van der Waals surface area contributed by atoms with E-state index in [2.05, 4.69) is 27.1 Å². The van der Waals surface area contributed by atoms with Crippen molar-refractivity contribution in [3.05, 3.63) is 72.7 Å². The third-order valence-electron chi connectivity index (χ3n) is 3.38. The van der Waals surface area contributed by atoms with Gasteiger partial charge in [0.1, 0.15) is 11.6 Å². The van der Waals surface area contributed by atoms with Crippen molar-refractivity contribution in [1.29, 1.82) is 0 Å². The molecule has 0 unspecified atom stereocenters. The molecule has 1 aromatic heterocycles. The van der Waals surface area contributed by atoms with Gasteiger partial charge in [0.2, 0.25) is 5.95 Å². The van der Waals surface area contributed by atoms with Crippen molar-refractivity contribution in [2.24, 2.45) is 0 Å². The van der Waals surface area contributed by atoms with Gasteiger partial charge in [-0.25, -0.2) is 9.37 Å². The Bertz CT molecular complexity index is 777. The highest BCUT2D eigenvalue weighted by Gasteiger charge is 2.09. The molecule has 0 saturated heterocycles. The molecule has 23 heavy (non-hydrogen) atoms. The van der Waals surface area contributed by atoms with E-state index in [4.69, 9.17) is 0 Å². The van der Waals surface area contributed by atoms with Gasteiger partial charge in [-0.05, 0) is 43.3 Å². The summed E-state index contributed by atoms with van der Waals surface area (Å²) in [6.07, 6.45) is 1.69. The van der Waals surface area contributed by atoms with Gasteiger partial charge in [0, 0.05) is 24.1 Å². The average Bonchev–Trinajstić information content (AvgIpc) is 2.57. The first-order valence-corrected chi connectivity index (χ1v) is 7.44. The van der Waals surface area contributed by atoms with Crippen molar-refractivity contribution >= 4 is 23.1 Å². The molecule has 0 saturated carbocycles. The lowest BCUT2D eigenvalue weighted by molar-refractivity contribution is 0.628. The number of nitrogens with one attached hydrogen (secondary N) is 1. The standard InChI is InChI=1S/C18H17FN4/c1-2-23(16-9-4-3-5-10-16)17-11-12-20-18(22-17)21-15-8-6-7-14(19)13-15/h3-13H,2H2,1H3,(H,20,21,22). The van der Waals surface area contributed by atoms with Gasteiger partial charge in [-0.2, -0.15) is 4.98 Å². The first-order chi connectivity index (χ1) is 11.3. The monoisotopic (exact) mass is 308 g/mol. The van der Waals surface area contributed by atoms with Crippen LogP contribution >= 0.6 is 0 Å². The number of hydrogen-bond donors (Lipinski definition) is 1. The van der Waals surface area contributed by atoms with E-state index in [1.807, 2.05) is 36.4 Å². The van der Waals surface area contributed by atoms with Gasteiger partial charge in [0.25, 0.3) is 0 Å². The molecule has 0 fully saturated rings. The van der Waals surface area contributed by atoms with Gasteiger partial charge in [-0.3, -0.25) is 0 Å². The lowest BCUT2D eigenvalue weighted by atomic mass is 10.3. The van der Waals surface area contributed by atoms with E-state index >= 15 is 0 Å². The lowest BCUT2D eigenvalue weighted by Gasteiger charge is -2.22. The van der Waals surface area contributed by atoms with Crippen LogP contribution in [0.2, 0.25) is 0 Å². The molecule has 1 N–H and O–H groups in total. The molecule has 3 rings (SSSR count). The Morgan fingerprint density at radius 3 is 2.61 bits per heavy atom. The molecule has 3 aromatic rings. The number of rotatable bonds is 5. The third kappa shape index (κ3) is 3.63. The number of hydrogen-bond acceptors (Lipinski definition) is 4. The number of nitrogens with zero attached hydrogens (tertiary/aromatic N) is 3. The number of benzene rings is 2. The van der Waals surface area contributed by atoms with E-state index < -0.39 is 0 Å². The fraction of sp³-hybridized carbons (Fsp3) is 0.111. The third-order valence-corrected chi connectivity index (χ3v) is 3.38. The molecular weight excluding hydrogens is 291 g/mol. The molecule has 0 aliphatic heterocycles. The summed E-state index contributed by atoms with van der Waals surface area (Å²) in [7, 11) is 0. The normalized spacial score (nSPS) is 10.3. The minimum absolute atomic E-state index is 0.300. The van der Waals surface area contributed by atoms with Crippen LogP contribution in [-0.2, 0) is 0 Å². The van der Waals surface area contributed by atoms with E-state index in [1.165, 1.54) is 12.1 Å². The Morgan fingerprint density at radius 2 is 1.87 bits per heavy atom. The first-order valence-electron chi connectivity index (χ1n) is 7.44. The van der Waals surface area contributed by atoms with E-state index in [1.54, 1.807) is 18.3 Å². The van der Waals surface area contributed by atoms with Gasteiger partial charge < -0.3 is 10.2 Å². The van der Waals surface area contributed by atoms with E-state index in [-0.39, 0.29) is 5.82 Å². The van der Waals surface area contributed by atoms with E-state index in [9.17, 15) is 4.39 Å². The summed E-state index contributed by atoms with van der Waals surface area (Å²) in [5, 5.41) is 3.03. The minimum Gasteiger partial charge on any atom is -0.327 e. The Labute approximate surface area is 134 Å². The predicted molar refractivity (Wildman–Crippen MR) is 90.8 cm³/mol. The highest BCUT2D eigenvalue weighted by atomic mass is 19.1. The second kappa shape index (κ2) is 6.87. The van der Waals surface area contributed by atoms with Gasteiger partial charge >= 0.3 is 0 Å². The molecule has 1 heterocycles. The molecular formula is C18H17FN4. The molecule has 0 amide bonds. The minimum atomic E-state index is -0.300. The van der Waals surface area contributed by atoms with Crippen LogP contribution < -0.4 is 10.2 Å². The van der Waals surface area contributed by atoms with Crippen LogP contribution in [-0.4, -0.2) is 16.5 Å². The zero-order valence-electron chi connectivity index (χ0n) is 12.8. The maximum atomic E-state index is 13.3. The summed E-state index contributed by atoms with van der Waals surface area (Å²) in [5.41, 5.74) is 1.68. The number of para-hydroxylation sites is 1. The van der Waals surface area contributed by atoms with Crippen LogP contribution in [0, 0.1) is 5.82 Å². The Kier molecular flexibility index (Phi) is 4.47. The first kappa shape index (κ1) is 15.0. The zero-order chi connectivity index (χ0) is 16.1. The van der Waals surface area contributed by atoms with Crippen molar-refractivity contribution in [3.63, 3.8) is 0 Å². The number of aromatic nitrogens is 2. The largest absolute Gasteiger partial charge is 0.327 e. The summed E-state index contributed by atoms with van der Waals surface area (Å²) in [5.74, 6) is 0.917. The molecule has 5 heteroatoms. The van der Waals surface area contributed by atoms with Crippen LogP contribution in [0.3, 0.4) is 0 Å². The molecule has 2 aromatic carbocycles. The topological polar surface area (TPSA) is 41.1 Å². The SMILES string of the molecule is CCN(c1ccccc1)c1ccnc(Nc2cccc(F)c2)n1. The summed E-state index contributed by atoms with van der Waals surface area (Å²) in [4.78, 5) is 10.8. The average molecular weight is 308 g/mol. The van der Waals surface area contributed by atoms with Crippen molar-refractivity contribution in [2.45, 2.75) is 6.92 Å². The fourth-order valence-corrected chi connectivity index (χ4v) is 2.34. The van der Waals surface area contributed by atoms with Gasteiger partial charge in [0.05, 0.1) is 0 Å². The van der Waals surface area contributed by atoms with E-state index in [0.717, 1.165) is 18.1 Å². The summed E-state index contributed by atoms with van der Waals surface area (Å²) in [6, 6.07) is 18.1. The summed E-state index contributed by atoms with van der Waals surface area (Å²) >= 11 is 0. The van der Waals surface area contributed by atoms with Crippen molar-refractivity contribution in [3.8, 4) is 0 Å². The van der Waals surface area contributed by atoms with Crippen LogP contribution in [0.1, 0.15) is 6.92 Å². The van der Waals surface area contributed by atoms with Gasteiger partial charge in [-0.15, -0.1) is 0 Å². The molecule has 116 valence electrons. The Morgan fingerprint density at radius 1 is 1.04 bits per heavy atom. The fourth-order valence-electron chi connectivity index (χ4n) is 2.34. The quantitative estimate of drug-likeness (QED) is 0.752. The van der Waals surface area contributed by atoms with Gasteiger partial charge in [0.15, 0.2) is 0 Å². The second-order valence-corrected chi connectivity index (χ2v) is 4.95. The van der Waals surface area contributed by atoms with E-state index in [0.29, 0.717) is 11.6 Å². The Hall–Kier alpha value is -2.95. The van der Waals surface area contributed by atoms with Crippen molar-refractivity contribution < 1.29 is 4.39 Å². The lowest BCUT2D eigenvalue weighted by Crippen LogP contribution is -2.17. The highest BCUT2D eigenvalue weighted by molar-refractivity contribution is 5.61. The molecule has 0 radical (unpaired) electrons. The molecule has 4 nitrogen and oxygen atoms in total. The van der Waals surface area contributed by atoms with Crippen molar-refractivity contribution in [1.82, 2.24) is 9.97 Å². The molecule has 0 spiro atoms. The maximum Gasteiger partial charge on any atom is 0.229 e. The smallest absolute Gasteiger partial charge is 0.229 e. The second-order valence-electron chi connectivity index (χ2n) is 4.95. The number of halogens is 1. The summed E-state index contributed by atoms with van der Waals surface area (Å²) in [6.45, 7) is 2.84. The molecule has 0 aliphatic carbocycles. The number of anilines is 4. The molecule has 0 atom stereocenters. The van der Waals surface area contributed by atoms with Crippen LogP contribution in [0.25, 0.3) is 0 Å².